The summed E-state index contributed by atoms with van der Waals surface area (Å²) < 4.78 is 5.77. The minimum Gasteiger partial charge on any atom is -0.489 e. The van der Waals surface area contributed by atoms with Crippen LogP contribution in [0.15, 0.2) is 54.6 Å². The van der Waals surface area contributed by atoms with E-state index in [1.807, 2.05) is 54.6 Å². The van der Waals surface area contributed by atoms with Crippen LogP contribution >= 0.6 is 0 Å². The fourth-order valence-corrected chi connectivity index (χ4v) is 3.30. The van der Waals surface area contributed by atoms with E-state index in [2.05, 4.69) is 12.2 Å². The molecule has 2 atom stereocenters. The summed E-state index contributed by atoms with van der Waals surface area (Å²) in [7, 11) is 0. The zero-order valence-electron chi connectivity index (χ0n) is 14.8. The molecule has 1 aliphatic heterocycles. The molecule has 3 rings (SSSR count). The molecule has 1 aliphatic rings. The van der Waals surface area contributed by atoms with Gasteiger partial charge in [-0.05, 0) is 56.0 Å². The third-order valence-corrected chi connectivity index (χ3v) is 4.86. The Morgan fingerprint density at radius 3 is 2.60 bits per heavy atom. The molecule has 1 saturated heterocycles. The van der Waals surface area contributed by atoms with E-state index < -0.39 is 0 Å². The highest BCUT2D eigenvalue weighted by Crippen LogP contribution is 2.17. The predicted octanol–water partition coefficient (Wildman–Crippen LogP) is 2.66. The number of likely N-dealkylation sites (tertiary alicyclic amines) is 1. The zero-order chi connectivity index (χ0) is 17.5. The minimum absolute atomic E-state index is 0.0849. The Kier molecular flexibility index (Phi) is 6.07. The molecule has 2 aromatic carbocycles. The molecule has 0 aliphatic carbocycles. The lowest BCUT2D eigenvalue weighted by atomic mass is 10.0. The van der Waals surface area contributed by atoms with Crippen molar-refractivity contribution in [3.8, 4) is 5.75 Å². The van der Waals surface area contributed by atoms with Gasteiger partial charge >= 0.3 is 0 Å². The van der Waals surface area contributed by atoms with Crippen molar-refractivity contribution in [3.05, 3.63) is 60.2 Å². The quantitative estimate of drug-likeness (QED) is 0.850. The number of piperidine rings is 1. The Balaban J connectivity index is 1.47. The van der Waals surface area contributed by atoms with E-state index in [1.165, 1.54) is 24.2 Å². The first-order valence-corrected chi connectivity index (χ1v) is 9.12. The molecule has 2 aromatic rings. The van der Waals surface area contributed by atoms with Crippen molar-refractivity contribution in [2.45, 2.75) is 38.8 Å². The summed E-state index contributed by atoms with van der Waals surface area (Å²) in [6.45, 7) is 4.43. The Bertz CT molecular complexity index is 670. The number of hydrogen-bond donors (Lipinski definition) is 2. The van der Waals surface area contributed by atoms with E-state index >= 15 is 0 Å². The van der Waals surface area contributed by atoms with Crippen molar-refractivity contribution in [2.24, 2.45) is 0 Å². The van der Waals surface area contributed by atoms with Crippen molar-refractivity contribution in [3.63, 3.8) is 0 Å². The van der Waals surface area contributed by atoms with E-state index in [9.17, 15) is 4.79 Å². The van der Waals surface area contributed by atoms with E-state index in [1.54, 1.807) is 0 Å². The van der Waals surface area contributed by atoms with Gasteiger partial charge in [-0.15, -0.1) is 0 Å². The second kappa shape index (κ2) is 8.67. The first-order chi connectivity index (χ1) is 12.2. The van der Waals surface area contributed by atoms with Crippen molar-refractivity contribution >= 4 is 11.6 Å². The SMILES string of the molecule is C[C@@H]1CCCC[NH+]1CC(=O)Nc1ccc(OCc2ccccc2)cc1. The van der Waals surface area contributed by atoms with Crippen molar-refractivity contribution < 1.29 is 14.4 Å². The van der Waals surface area contributed by atoms with Crippen LogP contribution in [0.25, 0.3) is 0 Å². The van der Waals surface area contributed by atoms with Crippen LogP contribution in [0.1, 0.15) is 31.7 Å². The normalized spacial score (nSPS) is 20.0. The van der Waals surface area contributed by atoms with Crippen LogP contribution < -0.4 is 15.0 Å². The van der Waals surface area contributed by atoms with Gasteiger partial charge in [-0.25, -0.2) is 0 Å². The first kappa shape index (κ1) is 17.5. The molecular weight excluding hydrogens is 312 g/mol. The average molecular weight is 339 g/mol. The summed E-state index contributed by atoms with van der Waals surface area (Å²) in [5.74, 6) is 0.888. The molecule has 0 saturated carbocycles. The Morgan fingerprint density at radius 1 is 1.12 bits per heavy atom. The van der Waals surface area contributed by atoms with Crippen LogP contribution in [0.4, 0.5) is 5.69 Å². The monoisotopic (exact) mass is 339 g/mol. The number of hydrogen-bond acceptors (Lipinski definition) is 2. The number of quaternary nitrogens is 1. The lowest BCUT2D eigenvalue weighted by Crippen LogP contribution is -3.17. The molecule has 0 aromatic heterocycles. The van der Waals surface area contributed by atoms with Gasteiger partial charge in [0, 0.05) is 5.69 Å². The molecule has 0 spiro atoms. The standard InChI is InChI=1S/C21H26N2O2/c1-17-7-5-6-14-23(17)15-21(24)22-19-10-12-20(13-11-19)25-16-18-8-3-2-4-9-18/h2-4,8-13,17H,5-7,14-16H2,1H3,(H,22,24)/p+1/t17-/m1/s1. The highest BCUT2D eigenvalue weighted by molar-refractivity contribution is 5.91. The molecule has 25 heavy (non-hydrogen) atoms. The summed E-state index contributed by atoms with van der Waals surface area (Å²) in [4.78, 5) is 13.7. The fraction of sp³-hybridized carbons (Fsp3) is 0.381. The Labute approximate surface area is 149 Å². The average Bonchev–Trinajstić information content (AvgIpc) is 2.64. The van der Waals surface area contributed by atoms with Gasteiger partial charge in [-0.3, -0.25) is 4.79 Å². The van der Waals surface area contributed by atoms with Gasteiger partial charge < -0.3 is 15.0 Å². The molecule has 1 heterocycles. The third-order valence-electron chi connectivity index (χ3n) is 4.86. The lowest BCUT2D eigenvalue weighted by Gasteiger charge is -2.29. The maximum Gasteiger partial charge on any atom is 0.279 e. The Morgan fingerprint density at radius 2 is 1.88 bits per heavy atom. The number of rotatable bonds is 6. The molecule has 4 nitrogen and oxygen atoms in total. The predicted molar refractivity (Wildman–Crippen MR) is 99.9 cm³/mol. The van der Waals surface area contributed by atoms with Crippen LogP contribution in [0.2, 0.25) is 0 Å². The van der Waals surface area contributed by atoms with Gasteiger partial charge in [0.2, 0.25) is 0 Å². The topological polar surface area (TPSA) is 42.8 Å². The number of nitrogens with one attached hydrogen (secondary N) is 2. The molecule has 2 N–H and O–H groups in total. The highest BCUT2D eigenvalue weighted by atomic mass is 16.5. The lowest BCUT2D eigenvalue weighted by molar-refractivity contribution is -0.920. The summed E-state index contributed by atoms with van der Waals surface area (Å²) in [5, 5.41) is 3.00. The summed E-state index contributed by atoms with van der Waals surface area (Å²) in [6, 6.07) is 18.2. The van der Waals surface area contributed by atoms with Gasteiger partial charge in [-0.1, -0.05) is 30.3 Å². The maximum absolute atomic E-state index is 12.3. The van der Waals surface area contributed by atoms with Crippen LogP contribution in [0, 0.1) is 0 Å². The molecule has 0 bridgehead atoms. The highest BCUT2D eigenvalue weighted by Gasteiger charge is 2.24. The number of anilines is 1. The van der Waals surface area contributed by atoms with E-state index in [0.29, 0.717) is 19.2 Å². The van der Waals surface area contributed by atoms with Gasteiger partial charge in [0.25, 0.3) is 5.91 Å². The maximum atomic E-state index is 12.3. The second-order valence-electron chi connectivity index (χ2n) is 6.83. The molecule has 0 radical (unpaired) electrons. The van der Waals surface area contributed by atoms with Gasteiger partial charge in [0.05, 0.1) is 12.6 Å². The number of carbonyl (C=O) groups is 1. The van der Waals surface area contributed by atoms with Crippen molar-refractivity contribution in [1.29, 1.82) is 0 Å². The minimum atomic E-state index is 0.0849. The molecule has 4 heteroatoms. The van der Waals surface area contributed by atoms with Crippen molar-refractivity contribution in [1.82, 2.24) is 0 Å². The van der Waals surface area contributed by atoms with E-state index in [0.717, 1.165) is 23.5 Å². The summed E-state index contributed by atoms with van der Waals surface area (Å²) in [5.41, 5.74) is 1.96. The van der Waals surface area contributed by atoms with E-state index in [4.69, 9.17) is 4.74 Å². The number of benzene rings is 2. The third kappa shape index (κ3) is 5.33. The molecular formula is C21H27N2O2+. The summed E-state index contributed by atoms with van der Waals surface area (Å²) in [6.07, 6.45) is 3.73. The van der Waals surface area contributed by atoms with Gasteiger partial charge in [-0.2, -0.15) is 0 Å². The largest absolute Gasteiger partial charge is 0.489 e. The van der Waals surface area contributed by atoms with E-state index in [-0.39, 0.29) is 5.91 Å². The Hall–Kier alpha value is -2.33. The van der Waals surface area contributed by atoms with Crippen molar-refractivity contribution in [2.75, 3.05) is 18.4 Å². The molecule has 1 unspecified atom stereocenters. The molecule has 1 fully saturated rings. The number of carbonyl (C=O) groups excluding carboxylic acids is 1. The van der Waals surface area contributed by atoms with Crippen LogP contribution in [-0.4, -0.2) is 25.0 Å². The second-order valence-corrected chi connectivity index (χ2v) is 6.83. The van der Waals surface area contributed by atoms with Crippen LogP contribution in [0.3, 0.4) is 0 Å². The van der Waals surface area contributed by atoms with Gasteiger partial charge in [0.1, 0.15) is 12.4 Å². The molecule has 132 valence electrons. The number of amides is 1. The van der Waals surface area contributed by atoms with Crippen LogP contribution in [0.5, 0.6) is 5.75 Å². The first-order valence-electron chi connectivity index (χ1n) is 9.12. The fourth-order valence-electron chi connectivity index (χ4n) is 3.30. The smallest absolute Gasteiger partial charge is 0.279 e. The zero-order valence-corrected chi connectivity index (χ0v) is 14.8. The summed E-state index contributed by atoms with van der Waals surface area (Å²) >= 11 is 0. The van der Waals surface area contributed by atoms with Gasteiger partial charge in [0.15, 0.2) is 6.54 Å². The van der Waals surface area contributed by atoms with Crippen LogP contribution in [-0.2, 0) is 11.4 Å². The molecule has 1 amide bonds. The number of ether oxygens (including phenoxy) is 1.